The van der Waals surface area contributed by atoms with Gasteiger partial charge in [-0.15, -0.1) is 0 Å². The quantitative estimate of drug-likeness (QED) is 0.622. The molecule has 0 N–H and O–H groups in total. The van der Waals surface area contributed by atoms with Crippen LogP contribution >= 0.6 is 0 Å². The van der Waals surface area contributed by atoms with Gasteiger partial charge in [-0.1, -0.05) is 6.07 Å². The van der Waals surface area contributed by atoms with Gasteiger partial charge in [0, 0.05) is 23.9 Å². The molecule has 162 valence electrons. The zero-order valence-electron chi connectivity index (χ0n) is 17.5. The minimum absolute atomic E-state index is 0.159. The molecule has 5 nitrogen and oxygen atoms in total. The van der Waals surface area contributed by atoms with E-state index >= 15 is 0 Å². The fourth-order valence-corrected chi connectivity index (χ4v) is 2.66. The number of hydrogen-bond acceptors (Lipinski definition) is 4. The normalized spacial score (nSPS) is 11.4. The second-order valence-electron chi connectivity index (χ2n) is 7.89. The van der Waals surface area contributed by atoms with Gasteiger partial charge >= 0.3 is 5.97 Å². The fourth-order valence-electron chi connectivity index (χ4n) is 2.66. The maximum atomic E-state index is 14.2. The summed E-state index contributed by atoms with van der Waals surface area (Å²) in [5.74, 6) is -5.45. The van der Waals surface area contributed by atoms with Crippen molar-refractivity contribution in [1.82, 2.24) is 0 Å². The molecule has 2 rings (SSSR count). The molecule has 1 amide bonds. The first-order valence-corrected chi connectivity index (χ1v) is 9.32. The Balaban J connectivity index is 2.49. The average Bonchev–Trinajstić information content (AvgIpc) is 2.56. The Morgan fingerprint density at radius 3 is 2.17 bits per heavy atom. The summed E-state index contributed by atoms with van der Waals surface area (Å²) in [6.07, 6.45) is -0.165. The molecule has 2 aromatic rings. The molecular formula is C22H24F3NO4. The van der Waals surface area contributed by atoms with E-state index in [1.54, 1.807) is 46.8 Å². The largest absolute Gasteiger partial charge is 0.491 e. The van der Waals surface area contributed by atoms with Crippen LogP contribution in [0.25, 0.3) is 0 Å². The summed E-state index contributed by atoms with van der Waals surface area (Å²) in [4.78, 5) is 26.2. The lowest BCUT2D eigenvalue weighted by Gasteiger charge is -2.26. The fraction of sp³-hybridized carbons (Fsp3) is 0.364. The molecule has 0 saturated carbocycles. The Kier molecular flexibility index (Phi) is 7.12. The number of benzene rings is 2. The van der Waals surface area contributed by atoms with E-state index in [0.29, 0.717) is 17.9 Å². The molecule has 0 atom stereocenters. The highest BCUT2D eigenvalue weighted by Gasteiger charge is 2.29. The number of halogens is 3. The Bertz CT molecular complexity index is 915. The summed E-state index contributed by atoms with van der Waals surface area (Å²) < 4.78 is 52.6. The molecular weight excluding hydrogens is 399 g/mol. The Labute approximate surface area is 173 Å². The number of carbonyl (C=O) groups is 2. The van der Waals surface area contributed by atoms with Crippen LogP contribution in [0.15, 0.2) is 36.4 Å². The van der Waals surface area contributed by atoms with Crippen LogP contribution in [0.5, 0.6) is 5.75 Å². The second-order valence-corrected chi connectivity index (χ2v) is 7.89. The first-order valence-electron chi connectivity index (χ1n) is 9.32. The standard InChI is InChI=1S/C22H24F3NO4/c1-13(2)29-16-8-6-7-15(11-16)26(12-19(27)30-22(3,4)5)21(28)20-17(24)9-14(23)10-18(20)25/h6-11,13H,12H2,1-5H3. The summed E-state index contributed by atoms with van der Waals surface area (Å²) in [6, 6.07) is 6.95. The van der Waals surface area contributed by atoms with E-state index in [4.69, 9.17) is 9.47 Å². The molecule has 8 heteroatoms. The molecule has 0 aliphatic rings. The van der Waals surface area contributed by atoms with Crippen LogP contribution in [-0.4, -0.2) is 30.1 Å². The van der Waals surface area contributed by atoms with E-state index in [-0.39, 0.29) is 11.8 Å². The zero-order chi connectivity index (χ0) is 22.6. The molecule has 0 spiro atoms. The number of amides is 1. The summed E-state index contributed by atoms with van der Waals surface area (Å²) in [7, 11) is 0. The number of esters is 1. The van der Waals surface area contributed by atoms with Gasteiger partial charge in [0.15, 0.2) is 0 Å². The van der Waals surface area contributed by atoms with E-state index in [1.807, 2.05) is 0 Å². The van der Waals surface area contributed by atoms with Crippen molar-refractivity contribution in [2.75, 3.05) is 11.4 Å². The number of carbonyl (C=O) groups excluding carboxylic acids is 2. The lowest BCUT2D eigenvalue weighted by Crippen LogP contribution is -2.39. The molecule has 0 bridgehead atoms. The Morgan fingerprint density at radius 1 is 1.03 bits per heavy atom. The number of nitrogens with zero attached hydrogens (tertiary/aromatic N) is 1. The van der Waals surface area contributed by atoms with Gasteiger partial charge in [-0.2, -0.15) is 0 Å². The van der Waals surface area contributed by atoms with Crippen LogP contribution in [0.3, 0.4) is 0 Å². The minimum atomic E-state index is -1.37. The maximum Gasteiger partial charge on any atom is 0.326 e. The van der Waals surface area contributed by atoms with Crippen LogP contribution < -0.4 is 9.64 Å². The molecule has 0 heterocycles. The van der Waals surface area contributed by atoms with Gasteiger partial charge in [0.05, 0.1) is 6.10 Å². The molecule has 0 aromatic heterocycles. The van der Waals surface area contributed by atoms with Crippen molar-refractivity contribution < 1.29 is 32.2 Å². The van der Waals surface area contributed by atoms with Crippen LogP contribution in [0.2, 0.25) is 0 Å². The smallest absolute Gasteiger partial charge is 0.326 e. The molecule has 2 aromatic carbocycles. The van der Waals surface area contributed by atoms with Crippen molar-refractivity contribution in [2.45, 2.75) is 46.3 Å². The Hall–Kier alpha value is -3.03. The number of rotatable bonds is 6. The third-order valence-corrected chi connectivity index (χ3v) is 3.67. The minimum Gasteiger partial charge on any atom is -0.491 e. The zero-order valence-corrected chi connectivity index (χ0v) is 17.5. The van der Waals surface area contributed by atoms with Crippen molar-refractivity contribution in [3.05, 3.63) is 59.4 Å². The van der Waals surface area contributed by atoms with Gasteiger partial charge in [-0.3, -0.25) is 14.5 Å². The molecule has 30 heavy (non-hydrogen) atoms. The molecule has 0 fully saturated rings. The number of anilines is 1. The van der Waals surface area contributed by atoms with E-state index in [0.717, 1.165) is 4.90 Å². The van der Waals surface area contributed by atoms with E-state index in [2.05, 4.69) is 0 Å². The van der Waals surface area contributed by atoms with Crippen molar-refractivity contribution in [1.29, 1.82) is 0 Å². The molecule has 0 aliphatic heterocycles. The van der Waals surface area contributed by atoms with Gasteiger partial charge in [0.1, 0.15) is 40.9 Å². The molecule has 0 radical (unpaired) electrons. The number of hydrogen-bond donors (Lipinski definition) is 0. The van der Waals surface area contributed by atoms with E-state index in [1.165, 1.54) is 12.1 Å². The third-order valence-electron chi connectivity index (χ3n) is 3.67. The lowest BCUT2D eigenvalue weighted by molar-refractivity contribution is -0.152. The third kappa shape index (κ3) is 6.23. The van der Waals surface area contributed by atoms with Crippen LogP contribution in [0, 0.1) is 17.5 Å². The van der Waals surface area contributed by atoms with Crippen LogP contribution in [0.4, 0.5) is 18.9 Å². The summed E-state index contributed by atoms with van der Waals surface area (Å²) in [6.45, 7) is 7.94. The van der Waals surface area contributed by atoms with Crippen LogP contribution in [-0.2, 0) is 9.53 Å². The lowest BCUT2D eigenvalue weighted by atomic mass is 10.1. The van der Waals surface area contributed by atoms with Crippen molar-refractivity contribution in [3.8, 4) is 5.75 Å². The van der Waals surface area contributed by atoms with E-state index < -0.39 is 47.0 Å². The summed E-state index contributed by atoms with van der Waals surface area (Å²) in [5, 5.41) is 0. The van der Waals surface area contributed by atoms with Gasteiger partial charge in [-0.25, -0.2) is 13.2 Å². The van der Waals surface area contributed by atoms with E-state index in [9.17, 15) is 22.8 Å². The van der Waals surface area contributed by atoms with Crippen molar-refractivity contribution in [2.24, 2.45) is 0 Å². The van der Waals surface area contributed by atoms with Crippen LogP contribution in [0.1, 0.15) is 45.0 Å². The van der Waals surface area contributed by atoms with Gasteiger partial charge in [0.25, 0.3) is 5.91 Å². The highest BCUT2D eigenvalue weighted by atomic mass is 19.1. The molecule has 0 unspecified atom stereocenters. The molecule has 0 saturated heterocycles. The average molecular weight is 423 g/mol. The summed E-state index contributed by atoms with van der Waals surface area (Å²) >= 11 is 0. The predicted molar refractivity (Wildman–Crippen MR) is 106 cm³/mol. The molecule has 0 aliphatic carbocycles. The first-order chi connectivity index (χ1) is 13.9. The first kappa shape index (κ1) is 23.3. The Morgan fingerprint density at radius 2 is 1.63 bits per heavy atom. The van der Waals surface area contributed by atoms with Gasteiger partial charge < -0.3 is 9.47 Å². The summed E-state index contributed by atoms with van der Waals surface area (Å²) in [5.41, 5.74) is -1.65. The topological polar surface area (TPSA) is 55.8 Å². The highest BCUT2D eigenvalue weighted by Crippen LogP contribution is 2.26. The van der Waals surface area contributed by atoms with Crippen molar-refractivity contribution >= 4 is 17.6 Å². The monoisotopic (exact) mass is 423 g/mol. The highest BCUT2D eigenvalue weighted by molar-refractivity contribution is 6.08. The van der Waals surface area contributed by atoms with Gasteiger partial charge in [-0.05, 0) is 46.8 Å². The SMILES string of the molecule is CC(C)Oc1cccc(N(CC(=O)OC(C)(C)C)C(=O)c2c(F)cc(F)cc2F)c1. The number of ether oxygens (including phenoxy) is 2. The van der Waals surface area contributed by atoms with Gasteiger partial charge in [0.2, 0.25) is 0 Å². The predicted octanol–water partition coefficient (Wildman–Crippen LogP) is 4.88. The maximum absolute atomic E-state index is 14.2. The second kappa shape index (κ2) is 9.19. The van der Waals surface area contributed by atoms with Crippen molar-refractivity contribution in [3.63, 3.8) is 0 Å².